The second kappa shape index (κ2) is 9.25. The van der Waals surface area contributed by atoms with E-state index in [0.717, 1.165) is 45.6 Å². The first-order valence-electron chi connectivity index (χ1n) is 9.19. The Morgan fingerprint density at radius 1 is 1.12 bits per heavy atom. The lowest BCUT2D eigenvalue weighted by atomic mass is 9.96. The van der Waals surface area contributed by atoms with Crippen LogP contribution in [0, 0.1) is 5.92 Å². The van der Waals surface area contributed by atoms with Gasteiger partial charge in [0.1, 0.15) is 5.60 Å². The van der Waals surface area contributed by atoms with Crippen LogP contribution in [0.15, 0.2) is 0 Å². The van der Waals surface area contributed by atoms with E-state index in [-0.39, 0.29) is 12.0 Å². The Morgan fingerprint density at radius 2 is 1.71 bits per heavy atom. The second-order valence-corrected chi connectivity index (χ2v) is 7.49. The van der Waals surface area contributed by atoms with Crippen LogP contribution >= 0.6 is 0 Å². The van der Waals surface area contributed by atoms with E-state index in [2.05, 4.69) is 4.90 Å². The predicted molar refractivity (Wildman–Crippen MR) is 96.0 cm³/mol. The summed E-state index contributed by atoms with van der Waals surface area (Å²) in [7, 11) is 1.98. The quantitative estimate of drug-likeness (QED) is 0.774. The van der Waals surface area contributed by atoms with E-state index in [1.54, 1.807) is 4.90 Å². The van der Waals surface area contributed by atoms with Gasteiger partial charge in [0.25, 0.3) is 0 Å². The van der Waals surface area contributed by atoms with Crippen molar-refractivity contribution in [2.75, 3.05) is 46.3 Å². The van der Waals surface area contributed by atoms with Crippen molar-refractivity contribution < 1.29 is 14.3 Å². The number of piperazine rings is 1. The Labute approximate surface area is 147 Å². The monoisotopic (exact) mass is 341 g/mol. The molecule has 2 aliphatic heterocycles. The van der Waals surface area contributed by atoms with Crippen molar-refractivity contribution in [2.24, 2.45) is 5.92 Å². The fourth-order valence-electron chi connectivity index (χ4n) is 2.96. The maximum atomic E-state index is 12.0. The van der Waals surface area contributed by atoms with Gasteiger partial charge in [-0.1, -0.05) is 13.8 Å². The maximum absolute atomic E-state index is 12.0. The van der Waals surface area contributed by atoms with E-state index in [9.17, 15) is 9.59 Å². The Hall–Kier alpha value is -1.30. The van der Waals surface area contributed by atoms with Crippen LogP contribution in [0.2, 0.25) is 0 Å². The van der Waals surface area contributed by atoms with Gasteiger partial charge in [-0.3, -0.25) is 9.69 Å². The van der Waals surface area contributed by atoms with Gasteiger partial charge in [-0.15, -0.1) is 0 Å². The Bertz CT molecular complexity index is 412. The number of amides is 2. The summed E-state index contributed by atoms with van der Waals surface area (Å²) >= 11 is 0. The normalized spacial score (nSPS) is 20.5. The minimum absolute atomic E-state index is 0.221. The number of carbonyl (C=O) groups excluding carboxylic acids is 2. The number of likely N-dealkylation sites (tertiary alicyclic amines) is 1. The van der Waals surface area contributed by atoms with Gasteiger partial charge in [-0.25, -0.2) is 4.79 Å². The van der Waals surface area contributed by atoms with Crippen LogP contribution in [-0.4, -0.2) is 78.6 Å². The van der Waals surface area contributed by atoms with Crippen molar-refractivity contribution in [1.82, 2.24) is 14.7 Å². The minimum atomic E-state index is -0.444. The molecule has 0 aromatic heterocycles. The molecule has 2 heterocycles. The third-order valence-corrected chi connectivity index (χ3v) is 4.25. The SMILES string of the molecule is CC.CN1CCN(CC2CCN(C(=O)OC(C)(C)C)CC2)C(=O)C1. The van der Waals surface area contributed by atoms with Gasteiger partial charge in [-0.05, 0) is 46.6 Å². The molecule has 0 atom stereocenters. The van der Waals surface area contributed by atoms with Crippen LogP contribution in [0.5, 0.6) is 0 Å². The molecule has 2 saturated heterocycles. The van der Waals surface area contributed by atoms with Crippen LogP contribution in [0.3, 0.4) is 0 Å². The number of rotatable bonds is 2. The van der Waals surface area contributed by atoms with Gasteiger partial charge in [0.2, 0.25) is 5.91 Å². The molecule has 24 heavy (non-hydrogen) atoms. The summed E-state index contributed by atoms with van der Waals surface area (Å²) < 4.78 is 5.41. The van der Waals surface area contributed by atoms with E-state index in [0.29, 0.717) is 12.5 Å². The Morgan fingerprint density at radius 3 is 2.21 bits per heavy atom. The summed E-state index contributed by atoms with van der Waals surface area (Å²) in [5.41, 5.74) is -0.444. The maximum Gasteiger partial charge on any atom is 0.410 e. The molecule has 0 spiro atoms. The molecule has 0 aromatic carbocycles. The molecule has 2 amide bonds. The van der Waals surface area contributed by atoms with Crippen LogP contribution in [0.4, 0.5) is 4.79 Å². The van der Waals surface area contributed by atoms with Crippen molar-refractivity contribution in [1.29, 1.82) is 0 Å². The third-order valence-electron chi connectivity index (χ3n) is 4.25. The zero-order chi connectivity index (χ0) is 18.3. The Kier molecular flexibility index (Phi) is 8.00. The highest BCUT2D eigenvalue weighted by Crippen LogP contribution is 2.21. The molecule has 0 N–H and O–H groups in total. The van der Waals surface area contributed by atoms with Crippen molar-refractivity contribution in [2.45, 2.75) is 53.1 Å². The van der Waals surface area contributed by atoms with E-state index >= 15 is 0 Å². The zero-order valence-electron chi connectivity index (χ0n) is 16.3. The zero-order valence-corrected chi connectivity index (χ0v) is 16.3. The highest BCUT2D eigenvalue weighted by Gasteiger charge is 2.29. The van der Waals surface area contributed by atoms with Crippen molar-refractivity contribution in [3.63, 3.8) is 0 Å². The van der Waals surface area contributed by atoms with Gasteiger partial charge < -0.3 is 14.5 Å². The topological polar surface area (TPSA) is 53.1 Å². The van der Waals surface area contributed by atoms with E-state index in [1.165, 1.54) is 0 Å². The highest BCUT2D eigenvalue weighted by atomic mass is 16.6. The first-order valence-corrected chi connectivity index (χ1v) is 9.19. The van der Waals surface area contributed by atoms with Gasteiger partial charge in [-0.2, -0.15) is 0 Å². The number of ether oxygens (including phenoxy) is 1. The van der Waals surface area contributed by atoms with Crippen LogP contribution in [0.25, 0.3) is 0 Å². The number of hydrogen-bond donors (Lipinski definition) is 0. The molecule has 6 heteroatoms. The molecule has 2 fully saturated rings. The standard InChI is InChI=1S/C16H29N3O3.C2H6/c1-16(2,3)22-15(21)18-7-5-13(6-8-18)11-19-10-9-17(4)12-14(19)20;1-2/h13H,5-12H2,1-4H3;1-2H3. The van der Waals surface area contributed by atoms with Crippen LogP contribution < -0.4 is 0 Å². The molecule has 0 unspecified atom stereocenters. The number of nitrogens with zero attached hydrogens (tertiary/aromatic N) is 3. The molecule has 0 bridgehead atoms. The molecule has 6 nitrogen and oxygen atoms in total. The number of hydrogen-bond acceptors (Lipinski definition) is 4. The van der Waals surface area contributed by atoms with E-state index in [1.807, 2.05) is 46.6 Å². The van der Waals surface area contributed by atoms with Crippen LogP contribution in [0.1, 0.15) is 47.5 Å². The number of likely N-dealkylation sites (N-methyl/N-ethyl adjacent to an activating group) is 1. The fourth-order valence-corrected chi connectivity index (χ4v) is 2.96. The fraction of sp³-hybridized carbons (Fsp3) is 0.889. The van der Waals surface area contributed by atoms with Crippen molar-refractivity contribution in [3.05, 3.63) is 0 Å². The third kappa shape index (κ3) is 6.67. The summed E-state index contributed by atoms with van der Waals surface area (Å²) in [6.07, 6.45) is 1.67. The highest BCUT2D eigenvalue weighted by molar-refractivity contribution is 5.79. The molecular formula is C18H35N3O3. The van der Waals surface area contributed by atoms with Crippen molar-refractivity contribution in [3.8, 4) is 0 Å². The first-order chi connectivity index (χ1) is 11.2. The van der Waals surface area contributed by atoms with E-state index in [4.69, 9.17) is 4.74 Å². The lowest BCUT2D eigenvalue weighted by Gasteiger charge is -2.38. The minimum Gasteiger partial charge on any atom is -0.444 e. The summed E-state index contributed by atoms with van der Waals surface area (Å²) in [6, 6.07) is 0. The predicted octanol–water partition coefficient (Wildman–Crippen LogP) is 2.43. The first kappa shape index (κ1) is 20.7. The van der Waals surface area contributed by atoms with Crippen LogP contribution in [-0.2, 0) is 9.53 Å². The van der Waals surface area contributed by atoms with Gasteiger partial charge in [0.05, 0.1) is 6.54 Å². The molecule has 140 valence electrons. The summed E-state index contributed by atoms with van der Waals surface area (Å²) in [4.78, 5) is 29.9. The molecule has 0 saturated carbocycles. The average Bonchev–Trinajstić information content (AvgIpc) is 2.51. The summed E-state index contributed by atoms with van der Waals surface area (Å²) in [5, 5.41) is 0. The summed E-state index contributed by atoms with van der Waals surface area (Å²) in [6.45, 7) is 14.2. The largest absolute Gasteiger partial charge is 0.444 e. The van der Waals surface area contributed by atoms with E-state index < -0.39 is 5.60 Å². The second-order valence-electron chi connectivity index (χ2n) is 7.49. The lowest BCUT2D eigenvalue weighted by molar-refractivity contribution is -0.136. The van der Waals surface area contributed by atoms with Gasteiger partial charge in [0.15, 0.2) is 0 Å². The van der Waals surface area contributed by atoms with Gasteiger partial charge >= 0.3 is 6.09 Å². The smallest absolute Gasteiger partial charge is 0.410 e. The number of piperidine rings is 1. The lowest BCUT2D eigenvalue weighted by Crippen LogP contribution is -2.51. The molecule has 0 radical (unpaired) electrons. The molecular weight excluding hydrogens is 306 g/mol. The van der Waals surface area contributed by atoms with Crippen molar-refractivity contribution >= 4 is 12.0 Å². The molecule has 0 aromatic rings. The van der Waals surface area contributed by atoms with Gasteiger partial charge in [0, 0.05) is 32.7 Å². The average molecular weight is 341 g/mol. The molecule has 2 rings (SSSR count). The molecule has 2 aliphatic rings. The Balaban J connectivity index is 0.00000139. The molecule has 0 aliphatic carbocycles. The number of carbonyl (C=O) groups is 2. The summed E-state index contributed by atoms with van der Waals surface area (Å²) in [5.74, 6) is 0.717.